The van der Waals surface area contributed by atoms with Gasteiger partial charge in [0.15, 0.2) is 0 Å². The van der Waals surface area contributed by atoms with Crippen molar-refractivity contribution in [1.82, 2.24) is 4.90 Å². The summed E-state index contributed by atoms with van der Waals surface area (Å²) in [6, 6.07) is 5.18. The maximum atomic E-state index is 11.2. The predicted octanol–water partition coefficient (Wildman–Crippen LogP) is 1.99. The van der Waals surface area contributed by atoms with Gasteiger partial charge < -0.3 is 20.6 Å². The van der Waals surface area contributed by atoms with Gasteiger partial charge in [-0.1, -0.05) is 19.9 Å². The summed E-state index contributed by atoms with van der Waals surface area (Å²) in [5.74, 6) is -0.508. The number of carboxylic acid groups (broad SMARTS) is 1. The molecule has 0 unspecified atom stereocenters. The average molecular weight is 279 g/mol. The minimum Gasteiger partial charge on any atom is -0.478 e. The zero-order valence-electron chi connectivity index (χ0n) is 12.8. The van der Waals surface area contributed by atoms with Gasteiger partial charge in [-0.15, -0.1) is 0 Å². The maximum absolute atomic E-state index is 11.2. The summed E-state index contributed by atoms with van der Waals surface area (Å²) in [6.07, 6.45) is 0. The molecule has 0 heterocycles. The fourth-order valence-electron chi connectivity index (χ4n) is 2.09. The number of carbonyl (C=O) groups is 1. The van der Waals surface area contributed by atoms with Crippen molar-refractivity contribution in [2.24, 2.45) is 5.92 Å². The van der Waals surface area contributed by atoms with E-state index in [9.17, 15) is 4.79 Å². The number of nitrogens with zero attached hydrogens (tertiary/aromatic N) is 2. The molecule has 0 fully saturated rings. The third kappa shape index (κ3) is 4.42. The van der Waals surface area contributed by atoms with Crippen molar-refractivity contribution in [3.63, 3.8) is 0 Å². The molecule has 0 spiro atoms. The largest absolute Gasteiger partial charge is 0.478 e. The van der Waals surface area contributed by atoms with Gasteiger partial charge in [0.1, 0.15) is 0 Å². The van der Waals surface area contributed by atoms with Gasteiger partial charge in [-0.05, 0) is 32.1 Å². The third-order valence-electron chi connectivity index (χ3n) is 3.06. The topological polar surface area (TPSA) is 69.8 Å². The molecule has 0 atom stereocenters. The second-order valence-electron chi connectivity index (χ2n) is 5.69. The number of nitrogens with two attached hydrogens (primary N) is 1. The van der Waals surface area contributed by atoms with Gasteiger partial charge in [-0.2, -0.15) is 0 Å². The third-order valence-corrected chi connectivity index (χ3v) is 3.06. The number of para-hydroxylation sites is 1. The van der Waals surface area contributed by atoms with Crippen LogP contribution in [0.2, 0.25) is 0 Å². The Bertz CT molecular complexity index is 458. The summed E-state index contributed by atoms with van der Waals surface area (Å²) >= 11 is 0. The Balaban J connectivity index is 3.06. The van der Waals surface area contributed by atoms with Gasteiger partial charge in [0, 0.05) is 19.6 Å². The number of nitrogen functional groups attached to an aromatic ring is 1. The fraction of sp³-hybridized carbons (Fsp3) is 0.533. The molecule has 0 aliphatic carbocycles. The first-order valence-electron chi connectivity index (χ1n) is 6.84. The molecule has 1 rings (SSSR count). The summed E-state index contributed by atoms with van der Waals surface area (Å²) in [5, 5.41) is 9.17. The van der Waals surface area contributed by atoms with E-state index >= 15 is 0 Å². The quantitative estimate of drug-likeness (QED) is 0.747. The lowest BCUT2D eigenvalue weighted by Crippen LogP contribution is -2.35. The fourth-order valence-corrected chi connectivity index (χ4v) is 2.09. The molecule has 0 aliphatic rings. The van der Waals surface area contributed by atoms with E-state index in [1.807, 2.05) is 20.2 Å². The Kier molecular flexibility index (Phi) is 5.82. The van der Waals surface area contributed by atoms with Gasteiger partial charge in [0.05, 0.1) is 16.9 Å². The first-order valence-corrected chi connectivity index (χ1v) is 6.84. The molecule has 112 valence electrons. The van der Waals surface area contributed by atoms with E-state index < -0.39 is 5.97 Å². The van der Waals surface area contributed by atoms with E-state index in [0.29, 0.717) is 11.6 Å². The standard InChI is InChI=1S/C15H25N3O2/c1-11(2)10-18(9-8-17(3)4)13-7-5-6-12(14(13)16)15(19)20/h5-7,11H,8-10,16H2,1-4H3,(H,19,20). The summed E-state index contributed by atoms with van der Waals surface area (Å²) in [7, 11) is 4.04. The Morgan fingerprint density at radius 3 is 2.45 bits per heavy atom. The van der Waals surface area contributed by atoms with Crippen LogP contribution in [-0.2, 0) is 0 Å². The molecule has 0 saturated carbocycles. The molecule has 0 saturated heterocycles. The number of benzene rings is 1. The number of hydrogen-bond donors (Lipinski definition) is 2. The number of aromatic carboxylic acids is 1. The molecule has 0 aromatic heterocycles. The molecule has 0 bridgehead atoms. The highest BCUT2D eigenvalue weighted by atomic mass is 16.4. The lowest BCUT2D eigenvalue weighted by atomic mass is 10.1. The normalized spacial score (nSPS) is 11.1. The molecule has 20 heavy (non-hydrogen) atoms. The zero-order valence-corrected chi connectivity index (χ0v) is 12.8. The summed E-state index contributed by atoms with van der Waals surface area (Å²) in [5.41, 5.74) is 7.35. The van der Waals surface area contributed by atoms with E-state index in [4.69, 9.17) is 10.8 Å². The van der Waals surface area contributed by atoms with Crippen molar-refractivity contribution in [2.75, 3.05) is 44.4 Å². The lowest BCUT2D eigenvalue weighted by molar-refractivity contribution is 0.0698. The van der Waals surface area contributed by atoms with Crippen molar-refractivity contribution in [3.8, 4) is 0 Å². The molecule has 0 radical (unpaired) electrons. The SMILES string of the molecule is CC(C)CN(CCN(C)C)c1cccc(C(=O)O)c1N. The number of anilines is 2. The lowest BCUT2D eigenvalue weighted by Gasteiger charge is -2.29. The van der Waals surface area contributed by atoms with Gasteiger partial charge in [-0.3, -0.25) is 0 Å². The van der Waals surface area contributed by atoms with Crippen LogP contribution in [0.15, 0.2) is 18.2 Å². The van der Waals surface area contributed by atoms with E-state index in [-0.39, 0.29) is 5.56 Å². The van der Waals surface area contributed by atoms with Gasteiger partial charge in [0.2, 0.25) is 0 Å². The number of likely N-dealkylation sites (N-methyl/N-ethyl adjacent to an activating group) is 1. The second kappa shape index (κ2) is 7.14. The summed E-state index contributed by atoms with van der Waals surface area (Å²) < 4.78 is 0. The minimum absolute atomic E-state index is 0.168. The van der Waals surface area contributed by atoms with Crippen molar-refractivity contribution >= 4 is 17.3 Å². The monoisotopic (exact) mass is 279 g/mol. The van der Waals surface area contributed by atoms with Crippen LogP contribution >= 0.6 is 0 Å². The number of rotatable bonds is 7. The van der Waals surface area contributed by atoms with Gasteiger partial charge in [0.25, 0.3) is 0 Å². The Labute approximate surface area is 121 Å². The van der Waals surface area contributed by atoms with Crippen LogP contribution in [0.3, 0.4) is 0 Å². The zero-order chi connectivity index (χ0) is 15.3. The van der Waals surface area contributed by atoms with Gasteiger partial charge >= 0.3 is 5.97 Å². The van der Waals surface area contributed by atoms with Crippen molar-refractivity contribution < 1.29 is 9.90 Å². The predicted molar refractivity (Wildman–Crippen MR) is 83.4 cm³/mol. The van der Waals surface area contributed by atoms with Gasteiger partial charge in [-0.25, -0.2) is 4.79 Å². The summed E-state index contributed by atoms with van der Waals surface area (Å²) in [6.45, 7) is 6.84. The van der Waals surface area contributed by atoms with Crippen LogP contribution < -0.4 is 10.6 Å². The number of carboxylic acids is 1. The number of hydrogen-bond acceptors (Lipinski definition) is 4. The molecule has 1 aromatic carbocycles. The van der Waals surface area contributed by atoms with E-state index in [2.05, 4.69) is 23.6 Å². The minimum atomic E-state index is -0.985. The molecule has 5 heteroatoms. The summed E-state index contributed by atoms with van der Waals surface area (Å²) in [4.78, 5) is 15.4. The first kappa shape index (κ1) is 16.3. The highest BCUT2D eigenvalue weighted by Crippen LogP contribution is 2.27. The molecule has 0 aliphatic heterocycles. The Morgan fingerprint density at radius 1 is 1.30 bits per heavy atom. The maximum Gasteiger partial charge on any atom is 0.337 e. The van der Waals surface area contributed by atoms with Crippen LogP contribution in [0.25, 0.3) is 0 Å². The highest BCUT2D eigenvalue weighted by molar-refractivity contribution is 5.97. The highest BCUT2D eigenvalue weighted by Gasteiger charge is 2.16. The molecule has 0 amide bonds. The van der Waals surface area contributed by atoms with Crippen molar-refractivity contribution in [3.05, 3.63) is 23.8 Å². The smallest absolute Gasteiger partial charge is 0.337 e. The van der Waals surface area contributed by atoms with Crippen molar-refractivity contribution in [2.45, 2.75) is 13.8 Å². The average Bonchev–Trinajstić information content (AvgIpc) is 2.34. The second-order valence-corrected chi connectivity index (χ2v) is 5.69. The van der Waals surface area contributed by atoms with E-state index in [1.165, 1.54) is 0 Å². The molecule has 5 nitrogen and oxygen atoms in total. The molecule has 3 N–H and O–H groups in total. The van der Waals surface area contributed by atoms with E-state index in [1.54, 1.807) is 12.1 Å². The Hall–Kier alpha value is -1.75. The van der Waals surface area contributed by atoms with E-state index in [0.717, 1.165) is 25.3 Å². The van der Waals surface area contributed by atoms with Crippen LogP contribution in [-0.4, -0.2) is 49.7 Å². The van der Waals surface area contributed by atoms with Crippen LogP contribution in [0, 0.1) is 5.92 Å². The van der Waals surface area contributed by atoms with Crippen molar-refractivity contribution in [1.29, 1.82) is 0 Å². The first-order chi connectivity index (χ1) is 9.32. The molecular weight excluding hydrogens is 254 g/mol. The molecular formula is C15H25N3O2. The molecule has 1 aromatic rings. The van der Waals surface area contributed by atoms with Crippen LogP contribution in [0.1, 0.15) is 24.2 Å². The van der Waals surface area contributed by atoms with Crippen LogP contribution in [0.4, 0.5) is 11.4 Å². The Morgan fingerprint density at radius 2 is 1.95 bits per heavy atom. The van der Waals surface area contributed by atoms with Crippen LogP contribution in [0.5, 0.6) is 0 Å².